The first kappa shape index (κ1) is 17.4. The van der Waals surface area contributed by atoms with Crippen LogP contribution < -0.4 is 5.32 Å². The molecule has 0 spiro atoms. The Hall–Kier alpha value is -2.39. The average Bonchev–Trinajstić information content (AvgIpc) is 3.03. The molecule has 2 aromatic rings. The molecule has 1 aliphatic rings. The number of rotatable bonds is 3. The summed E-state index contributed by atoms with van der Waals surface area (Å²) in [5.74, 6) is -0.465. The second kappa shape index (κ2) is 6.49. The molecule has 6 nitrogen and oxygen atoms in total. The van der Waals surface area contributed by atoms with Gasteiger partial charge in [-0.25, -0.2) is 4.68 Å². The Balaban J connectivity index is 1.76. The van der Waals surface area contributed by atoms with Crippen LogP contribution in [0.5, 0.6) is 0 Å². The number of amides is 1. The van der Waals surface area contributed by atoms with E-state index >= 15 is 0 Å². The molecule has 2 N–H and O–H groups in total. The van der Waals surface area contributed by atoms with Crippen LogP contribution >= 0.6 is 0 Å². The van der Waals surface area contributed by atoms with Gasteiger partial charge in [-0.1, -0.05) is 6.07 Å². The summed E-state index contributed by atoms with van der Waals surface area (Å²) in [4.78, 5) is 12.2. The summed E-state index contributed by atoms with van der Waals surface area (Å²) in [5.41, 5.74) is -2.11. The number of carbonyl (C=O) groups is 1. The van der Waals surface area contributed by atoms with E-state index in [2.05, 4.69) is 10.4 Å². The molecule has 1 aromatic carbocycles. The number of nitrogens with zero attached hydrogens (tertiary/aromatic N) is 2. The van der Waals surface area contributed by atoms with Gasteiger partial charge < -0.3 is 15.2 Å². The van der Waals surface area contributed by atoms with Crippen LogP contribution in [0, 0.1) is 0 Å². The quantitative estimate of drug-likeness (QED) is 0.886. The van der Waals surface area contributed by atoms with Crippen LogP contribution in [0.3, 0.4) is 0 Å². The molecular formula is C16H16F3N3O3. The molecule has 3 rings (SSSR count). The van der Waals surface area contributed by atoms with Gasteiger partial charge in [0.1, 0.15) is 5.60 Å². The first-order chi connectivity index (χ1) is 11.8. The van der Waals surface area contributed by atoms with Gasteiger partial charge in [0.25, 0.3) is 5.91 Å². The lowest BCUT2D eigenvalue weighted by Crippen LogP contribution is -2.47. The molecule has 1 amide bonds. The molecule has 134 valence electrons. The van der Waals surface area contributed by atoms with E-state index in [4.69, 9.17) is 4.74 Å². The fraction of sp³-hybridized carbons (Fsp3) is 0.375. The monoisotopic (exact) mass is 355 g/mol. The number of nitrogens with one attached hydrogen (secondary N) is 1. The predicted molar refractivity (Wildman–Crippen MR) is 82.2 cm³/mol. The lowest BCUT2D eigenvalue weighted by Gasteiger charge is -2.30. The van der Waals surface area contributed by atoms with Crippen LogP contribution in [0.25, 0.3) is 5.69 Å². The SMILES string of the molecule is O=C(Nc1ccn(-c2cccc(C(F)(F)F)c2)n1)C1(O)CCOCC1. The van der Waals surface area contributed by atoms with Crippen LogP contribution in [0.2, 0.25) is 0 Å². The first-order valence-corrected chi connectivity index (χ1v) is 7.63. The smallest absolute Gasteiger partial charge is 0.381 e. The summed E-state index contributed by atoms with van der Waals surface area (Å²) in [7, 11) is 0. The second-order valence-electron chi connectivity index (χ2n) is 5.79. The number of alkyl halides is 3. The maximum atomic E-state index is 12.8. The van der Waals surface area contributed by atoms with E-state index in [0.29, 0.717) is 0 Å². The molecule has 0 bridgehead atoms. The fourth-order valence-electron chi connectivity index (χ4n) is 2.53. The van der Waals surface area contributed by atoms with Crippen molar-refractivity contribution in [3.63, 3.8) is 0 Å². The molecule has 1 saturated heterocycles. The fourth-order valence-corrected chi connectivity index (χ4v) is 2.53. The molecule has 0 atom stereocenters. The maximum Gasteiger partial charge on any atom is 0.416 e. The summed E-state index contributed by atoms with van der Waals surface area (Å²) in [6, 6.07) is 6.13. The van der Waals surface area contributed by atoms with Gasteiger partial charge in [0.2, 0.25) is 0 Å². The highest BCUT2D eigenvalue weighted by atomic mass is 19.4. The third-order valence-corrected chi connectivity index (χ3v) is 4.01. The third kappa shape index (κ3) is 3.83. The minimum absolute atomic E-state index is 0.141. The number of carbonyl (C=O) groups excluding carboxylic acids is 1. The van der Waals surface area contributed by atoms with Gasteiger partial charge in [0, 0.05) is 38.3 Å². The predicted octanol–water partition coefficient (Wildman–Crippen LogP) is 2.37. The summed E-state index contributed by atoms with van der Waals surface area (Å²) in [6.07, 6.45) is -2.67. The summed E-state index contributed by atoms with van der Waals surface area (Å²) in [5, 5.41) is 16.8. The normalized spacial score (nSPS) is 17.3. The molecule has 0 radical (unpaired) electrons. The number of benzene rings is 1. The van der Waals surface area contributed by atoms with Crippen molar-refractivity contribution in [2.24, 2.45) is 0 Å². The van der Waals surface area contributed by atoms with Gasteiger partial charge >= 0.3 is 6.18 Å². The van der Waals surface area contributed by atoms with Crippen LogP contribution in [0.15, 0.2) is 36.5 Å². The van der Waals surface area contributed by atoms with E-state index in [9.17, 15) is 23.1 Å². The Kier molecular flexibility index (Phi) is 4.53. The van der Waals surface area contributed by atoms with Gasteiger partial charge in [-0.15, -0.1) is 0 Å². The summed E-state index contributed by atoms with van der Waals surface area (Å²) < 4.78 is 44.7. The third-order valence-electron chi connectivity index (χ3n) is 4.01. The number of hydrogen-bond donors (Lipinski definition) is 2. The molecule has 9 heteroatoms. The van der Waals surface area contributed by atoms with Gasteiger partial charge in [0.15, 0.2) is 5.82 Å². The van der Waals surface area contributed by atoms with Crippen molar-refractivity contribution in [3.05, 3.63) is 42.1 Å². The van der Waals surface area contributed by atoms with E-state index in [-0.39, 0.29) is 37.6 Å². The van der Waals surface area contributed by atoms with Crippen LogP contribution in [0.4, 0.5) is 19.0 Å². The molecule has 1 aliphatic heterocycles. The zero-order valence-electron chi connectivity index (χ0n) is 13.1. The summed E-state index contributed by atoms with van der Waals surface area (Å²) in [6.45, 7) is 0.561. The van der Waals surface area contributed by atoms with Crippen molar-refractivity contribution in [3.8, 4) is 5.69 Å². The molecule has 1 fully saturated rings. The Morgan fingerprint density at radius 2 is 2.00 bits per heavy atom. The molecule has 0 aliphatic carbocycles. The first-order valence-electron chi connectivity index (χ1n) is 7.63. The van der Waals surface area contributed by atoms with Gasteiger partial charge in [-0.05, 0) is 18.2 Å². The second-order valence-corrected chi connectivity index (χ2v) is 5.79. The van der Waals surface area contributed by atoms with Crippen molar-refractivity contribution >= 4 is 11.7 Å². The lowest BCUT2D eigenvalue weighted by molar-refractivity contribution is -0.143. The topological polar surface area (TPSA) is 76.4 Å². The number of halogens is 3. The van der Waals surface area contributed by atoms with Crippen LogP contribution in [-0.2, 0) is 15.7 Å². The van der Waals surface area contributed by atoms with E-state index < -0.39 is 23.2 Å². The Morgan fingerprint density at radius 1 is 1.28 bits per heavy atom. The highest BCUT2D eigenvalue weighted by Gasteiger charge is 2.38. The van der Waals surface area contributed by atoms with Crippen molar-refractivity contribution in [1.82, 2.24) is 9.78 Å². The number of hydrogen-bond acceptors (Lipinski definition) is 4. The van der Waals surface area contributed by atoms with E-state index in [1.165, 1.54) is 29.1 Å². The van der Waals surface area contributed by atoms with Crippen molar-refractivity contribution < 1.29 is 27.8 Å². The van der Waals surface area contributed by atoms with Gasteiger partial charge in [-0.2, -0.15) is 18.3 Å². The lowest BCUT2D eigenvalue weighted by atomic mass is 9.93. The Labute approximate surface area is 141 Å². The molecule has 0 unspecified atom stereocenters. The molecule has 25 heavy (non-hydrogen) atoms. The minimum atomic E-state index is -4.45. The zero-order valence-corrected chi connectivity index (χ0v) is 13.1. The van der Waals surface area contributed by atoms with Gasteiger partial charge in [0.05, 0.1) is 11.3 Å². The van der Waals surface area contributed by atoms with Crippen molar-refractivity contribution in [2.75, 3.05) is 18.5 Å². The number of aliphatic hydroxyl groups is 1. The largest absolute Gasteiger partial charge is 0.416 e. The molecule has 0 saturated carbocycles. The van der Waals surface area contributed by atoms with Crippen LogP contribution in [0.1, 0.15) is 18.4 Å². The molecule has 2 heterocycles. The van der Waals surface area contributed by atoms with Crippen molar-refractivity contribution in [2.45, 2.75) is 24.6 Å². The van der Waals surface area contributed by atoms with E-state index in [0.717, 1.165) is 12.1 Å². The van der Waals surface area contributed by atoms with Crippen molar-refractivity contribution in [1.29, 1.82) is 0 Å². The Bertz CT molecular complexity index is 767. The molecular weight excluding hydrogens is 339 g/mol. The standard InChI is InChI=1S/C16H16F3N3O3/c17-16(18,19)11-2-1-3-12(10-11)22-7-4-13(21-22)20-14(23)15(24)5-8-25-9-6-15/h1-4,7,10,24H,5-6,8-9H2,(H,20,21,23). The number of anilines is 1. The number of aromatic nitrogens is 2. The average molecular weight is 355 g/mol. The zero-order chi connectivity index (χ0) is 18.1. The minimum Gasteiger partial charge on any atom is -0.381 e. The Morgan fingerprint density at radius 3 is 2.68 bits per heavy atom. The molecule has 1 aromatic heterocycles. The highest BCUT2D eigenvalue weighted by Crippen LogP contribution is 2.30. The highest BCUT2D eigenvalue weighted by molar-refractivity contribution is 5.96. The van der Waals surface area contributed by atoms with E-state index in [1.807, 2.05) is 0 Å². The van der Waals surface area contributed by atoms with Gasteiger partial charge in [-0.3, -0.25) is 4.79 Å². The summed E-state index contributed by atoms with van der Waals surface area (Å²) >= 11 is 0. The van der Waals surface area contributed by atoms with Crippen LogP contribution in [-0.4, -0.2) is 39.6 Å². The maximum absolute atomic E-state index is 12.8. The van der Waals surface area contributed by atoms with E-state index in [1.54, 1.807) is 0 Å². The number of ether oxygens (including phenoxy) is 1.